The molecule has 1 amide bonds. The van der Waals surface area contributed by atoms with Crippen LogP contribution < -0.4 is 5.32 Å². The molecule has 2 saturated carbocycles. The van der Waals surface area contributed by atoms with Crippen LogP contribution in [0.25, 0.3) is 0 Å². The second kappa shape index (κ2) is 5.43. The molecule has 1 spiro atoms. The van der Waals surface area contributed by atoms with Crippen molar-refractivity contribution in [3.05, 3.63) is 0 Å². The van der Waals surface area contributed by atoms with E-state index < -0.39 is 0 Å². The summed E-state index contributed by atoms with van der Waals surface area (Å²) in [6, 6.07) is 0.622. The summed E-state index contributed by atoms with van der Waals surface area (Å²) in [4.78, 5) is 14.4. The van der Waals surface area contributed by atoms with E-state index in [1.807, 2.05) is 4.90 Å². The first-order valence-corrected chi connectivity index (χ1v) is 8.26. The van der Waals surface area contributed by atoms with Crippen molar-refractivity contribution >= 4 is 5.91 Å². The van der Waals surface area contributed by atoms with E-state index in [0.717, 1.165) is 13.1 Å². The zero-order valence-electron chi connectivity index (χ0n) is 12.3. The minimum Gasteiger partial charge on any atom is -0.341 e. The van der Waals surface area contributed by atoms with Crippen molar-refractivity contribution in [1.82, 2.24) is 10.2 Å². The van der Waals surface area contributed by atoms with Crippen LogP contribution in [-0.4, -0.2) is 36.0 Å². The molecule has 3 fully saturated rings. The first-order valence-electron chi connectivity index (χ1n) is 8.26. The summed E-state index contributed by atoms with van der Waals surface area (Å²) >= 11 is 0. The van der Waals surface area contributed by atoms with Gasteiger partial charge in [0.05, 0.1) is 6.04 Å². The monoisotopic (exact) mass is 264 g/mol. The topological polar surface area (TPSA) is 32.3 Å². The maximum atomic E-state index is 12.4. The smallest absolute Gasteiger partial charge is 0.239 e. The lowest BCUT2D eigenvalue weighted by Crippen LogP contribution is -2.59. The highest BCUT2D eigenvalue weighted by Gasteiger charge is 2.47. The lowest BCUT2D eigenvalue weighted by molar-refractivity contribution is -0.133. The Kier molecular flexibility index (Phi) is 3.84. The summed E-state index contributed by atoms with van der Waals surface area (Å²) in [5.74, 6) is 0.329. The van der Waals surface area contributed by atoms with Gasteiger partial charge in [-0.05, 0) is 50.9 Å². The highest BCUT2D eigenvalue weighted by atomic mass is 16.2. The summed E-state index contributed by atoms with van der Waals surface area (Å²) in [6.07, 6.45) is 12.0. The van der Waals surface area contributed by atoms with Gasteiger partial charge in [-0.25, -0.2) is 0 Å². The number of likely N-dealkylation sites (tertiary alicyclic amines) is 1. The molecular weight excluding hydrogens is 236 g/mol. The zero-order chi connectivity index (χ0) is 13.3. The Labute approximate surface area is 117 Å². The Balaban J connectivity index is 1.54. The fraction of sp³-hybridized carbons (Fsp3) is 0.938. The fourth-order valence-corrected chi connectivity index (χ4v) is 4.40. The average molecular weight is 264 g/mol. The number of nitrogens with zero attached hydrogens (tertiary/aromatic N) is 1. The molecule has 2 atom stereocenters. The first kappa shape index (κ1) is 13.4. The molecule has 3 nitrogen and oxygen atoms in total. The molecule has 19 heavy (non-hydrogen) atoms. The molecule has 0 radical (unpaired) electrons. The van der Waals surface area contributed by atoms with E-state index in [1.165, 1.54) is 57.8 Å². The van der Waals surface area contributed by atoms with Gasteiger partial charge >= 0.3 is 0 Å². The van der Waals surface area contributed by atoms with E-state index in [1.54, 1.807) is 0 Å². The van der Waals surface area contributed by atoms with E-state index in [0.29, 0.717) is 17.4 Å². The predicted molar refractivity (Wildman–Crippen MR) is 77.0 cm³/mol. The molecule has 0 aromatic rings. The van der Waals surface area contributed by atoms with Gasteiger partial charge in [0, 0.05) is 19.1 Å². The van der Waals surface area contributed by atoms with E-state index in [-0.39, 0.29) is 6.04 Å². The number of amides is 1. The first-order chi connectivity index (χ1) is 9.21. The highest BCUT2D eigenvalue weighted by molar-refractivity contribution is 5.81. The van der Waals surface area contributed by atoms with E-state index >= 15 is 0 Å². The highest BCUT2D eigenvalue weighted by Crippen LogP contribution is 2.51. The molecule has 1 aliphatic heterocycles. The van der Waals surface area contributed by atoms with Gasteiger partial charge in [-0.2, -0.15) is 0 Å². The van der Waals surface area contributed by atoms with Crippen molar-refractivity contribution in [1.29, 1.82) is 0 Å². The van der Waals surface area contributed by atoms with Crippen LogP contribution in [0.5, 0.6) is 0 Å². The third-order valence-corrected chi connectivity index (χ3v) is 5.76. The molecule has 1 heterocycles. The SMILES string of the molecule is CC(NC1CCC12CCCCC2)C(=O)N1CCCC1. The summed E-state index contributed by atoms with van der Waals surface area (Å²) < 4.78 is 0. The summed E-state index contributed by atoms with van der Waals surface area (Å²) in [5, 5.41) is 3.66. The third-order valence-electron chi connectivity index (χ3n) is 5.76. The third kappa shape index (κ3) is 2.54. The van der Waals surface area contributed by atoms with E-state index in [2.05, 4.69) is 12.2 Å². The molecule has 0 aromatic carbocycles. The minimum absolute atomic E-state index is 0.0159. The van der Waals surface area contributed by atoms with Crippen LogP contribution in [-0.2, 0) is 4.79 Å². The summed E-state index contributed by atoms with van der Waals surface area (Å²) in [7, 11) is 0. The molecule has 3 aliphatic rings. The van der Waals surface area contributed by atoms with Crippen LogP contribution in [0.2, 0.25) is 0 Å². The van der Waals surface area contributed by atoms with Crippen molar-refractivity contribution < 1.29 is 4.79 Å². The Morgan fingerprint density at radius 2 is 1.79 bits per heavy atom. The van der Waals surface area contributed by atoms with Gasteiger partial charge in [0.1, 0.15) is 0 Å². The number of hydrogen-bond acceptors (Lipinski definition) is 2. The molecule has 2 unspecified atom stereocenters. The second-order valence-electron chi connectivity index (χ2n) is 6.94. The zero-order valence-corrected chi connectivity index (χ0v) is 12.3. The lowest BCUT2D eigenvalue weighted by Gasteiger charge is -2.53. The van der Waals surface area contributed by atoms with Crippen LogP contribution >= 0.6 is 0 Å². The molecule has 3 heteroatoms. The van der Waals surface area contributed by atoms with Crippen LogP contribution in [0.1, 0.15) is 64.7 Å². The van der Waals surface area contributed by atoms with Gasteiger partial charge in [-0.1, -0.05) is 19.3 Å². The van der Waals surface area contributed by atoms with Crippen molar-refractivity contribution in [3.8, 4) is 0 Å². The molecule has 2 aliphatic carbocycles. The van der Waals surface area contributed by atoms with Gasteiger partial charge in [-0.15, -0.1) is 0 Å². The quantitative estimate of drug-likeness (QED) is 0.850. The fourth-order valence-electron chi connectivity index (χ4n) is 4.40. The van der Waals surface area contributed by atoms with Crippen molar-refractivity contribution in [2.75, 3.05) is 13.1 Å². The van der Waals surface area contributed by atoms with Crippen LogP contribution in [0.3, 0.4) is 0 Å². The number of rotatable bonds is 3. The largest absolute Gasteiger partial charge is 0.341 e. The number of hydrogen-bond donors (Lipinski definition) is 1. The molecule has 0 bridgehead atoms. The van der Waals surface area contributed by atoms with Gasteiger partial charge in [0.15, 0.2) is 0 Å². The molecule has 1 saturated heterocycles. The standard InChI is InChI=1S/C16H28N2O/c1-13(15(19)18-11-5-6-12-18)17-14-7-10-16(14)8-3-2-4-9-16/h13-14,17H,2-12H2,1H3. The maximum Gasteiger partial charge on any atom is 0.239 e. The van der Waals surface area contributed by atoms with Crippen LogP contribution in [0.4, 0.5) is 0 Å². The van der Waals surface area contributed by atoms with E-state index in [9.17, 15) is 4.79 Å². The molecule has 0 aromatic heterocycles. The Morgan fingerprint density at radius 1 is 1.11 bits per heavy atom. The van der Waals surface area contributed by atoms with Gasteiger partial charge in [0.2, 0.25) is 5.91 Å². The predicted octanol–water partition coefficient (Wildman–Crippen LogP) is 2.70. The second-order valence-corrected chi connectivity index (χ2v) is 6.94. The Bertz CT molecular complexity index is 330. The molecule has 1 N–H and O–H groups in total. The number of nitrogens with one attached hydrogen (secondary N) is 1. The minimum atomic E-state index is 0.0159. The van der Waals surface area contributed by atoms with Crippen LogP contribution in [0, 0.1) is 5.41 Å². The van der Waals surface area contributed by atoms with Crippen molar-refractivity contribution in [2.45, 2.75) is 76.8 Å². The normalized spacial score (nSPS) is 31.2. The summed E-state index contributed by atoms with van der Waals surface area (Å²) in [6.45, 7) is 4.01. The Hall–Kier alpha value is -0.570. The molecule has 3 rings (SSSR count). The van der Waals surface area contributed by atoms with E-state index in [4.69, 9.17) is 0 Å². The number of carbonyl (C=O) groups is 1. The Morgan fingerprint density at radius 3 is 2.37 bits per heavy atom. The summed E-state index contributed by atoms with van der Waals surface area (Å²) in [5.41, 5.74) is 0.553. The van der Waals surface area contributed by atoms with Crippen molar-refractivity contribution in [3.63, 3.8) is 0 Å². The average Bonchev–Trinajstić information content (AvgIpc) is 2.97. The van der Waals surface area contributed by atoms with Crippen molar-refractivity contribution in [2.24, 2.45) is 5.41 Å². The molecule has 108 valence electrons. The van der Waals surface area contributed by atoms with Gasteiger partial charge in [-0.3, -0.25) is 4.79 Å². The van der Waals surface area contributed by atoms with Gasteiger partial charge < -0.3 is 10.2 Å². The maximum absolute atomic E-state index is 12.4. The number of carbonyl (C=O) groups excluding carboxylic acids is 1. The molecular formula is C16H28N2O. The van der Waals surface area contributed by atoms with Crippen LogP contribution in [0.15, 0.2) is 0 Å². The van der Waals surface area contributed by atoms with Gasteiger partial charge in [0.25, 0.3) is 0 Å². The lowest BCUT2D eigenvalue weighted by atomic mass is 9.57.